The van der Waals surface area contributed by atoms with Crippen molar-refractivity contribution in [3.63, 3.8) is 0 Å². The second-order valence-corrected chi connectivity index (χ2v) is 4.06. The van der Waals surface area contributed by atoms with Crippen molar-refractivity contribution in [1.29, 1.82) is 0 Å². The molecule has 1 aromatic rings. The molecule has 0 spiro atoms. The van der Waals surface area contributed by atoms with Gasteiger partial charge in [-0.25, -0.2) is 4.98 Å². The van der Waals surface area contributed by atoms with E-state index in [0.29, 0.717) is 13.0 Å². The Balaban J connectivity index is 2.58. The standard InChI is InChI=1S/C10H19N3O/c1-8-9(2)13(7-12-8)5-4-10(3,14)6-11/h7,14H,4-6,11H2,1-3H3. The summed E-state index contributed by atoms with van der Waals surface area (Å²) in [7, 11) is 0. The van der Waals surface area contributed by atoms with Gasteiger partial charge in [-0.2, -0.15) is 0 Å². The highest BCUT2D eigenvalue weighted by molar-refractivity contribution is 5.08. The lowest BCUT2D eigenvalue weighted by molar-refractivity contribution is 0.0552. The van der Waals surface area contributed by atoms with Gasteiger partial charge in [0.1, 0.15) is 0 Å². The van der Waals surface area contributed by atoms with Gasteiger partial charge < -0.3 is 15.4 Å². The second-order valence-electron chi connectivity index (χ2n) is 4.06. The summed E-state index contributed by atoms with van der Waals surface area (Å²) in [5, 5.41) is 9.72. The van der Waals surface area contributed by atoms with Crippen molar-refractivity contribution in [1.82, 2.24) is 9.55 Å². The third kappa shape index (κ3) is 2.56. The van der Waals surface area contributed by atoms with Gasteiger partial charge in [0, 0.05) is 18.8 Å². The van der Waals surface area contributed by atoms with Crippen LogP contribution in [0.4, 0.5) is 0 Å². The maximum absolute atomic E-state index is 9.72. The average Bonchev–Trinajstić information content (AvgIpc) is 2.45. The molecule has 0 aliphatic carbocycles. The Labute approximate surface area is 84.8 Å². The van der Waals surface area contributed by atoms with E-state index in [4.69, 9.17) is 5.73 Å². The molecule has 0 aromatic carbocycles. The van der Waals surface area contributed by atoms with Crippen molar-refractivity contribution in [2.75, 3.05) is 6.54 Å². The summed E-state index contributed by atoms with van der Waals surface area (Å²) in [5.74, 6) is 0. The fourth-order valence-corrected chi connectivity index (χ4v) is 1.23. The highest BCUT2D eigenvalue weighted by Gasteiger charge is 2.17. The van der Waals surface area contributed by atoms with Gasteiger partial charge in [-0.1, -0.05) is 0 Å². The minimum atomic E-state index is -0.773. The minimum absolute atomic E-state index is 0.291. The highest BCUT2D eigenvalue weighted by atomic mass is 16.3. The summed E-state index contributed by atoms with van der Waals surface area (Å²) in [6.07, 6.45) is 2.46. The number of rotatable bonds is 4. The van der Waals surface area contributed by atoms with Crippen LogP contribution in [0.15, 0.2) is 6.33 Å². The molecule has 0 aliphatic heterocycles. The van der Waals surface area contributed by atoms with E-state index in [0.717, 1.165) is 17.9 Å². The Bertz CT molecular complexity index is 304. The predicted molar refractivity (Wildman–Crippen MR) is 56.0 cm³/mol. The summed E-state index contributed by atoms with van der Waals surface area (Å²) >= 11 is 0. The zero-order valence-corrected chi connectivity index (χ0v) is 9.12. The van der Waals surface area contributed by atoms with Gasteiger partial charge in [0.15, 0.2) is 0 Å². The molecular weight excluding hydrogens is 178 g/mol. The molecule has 0 aliphatic rings. The van der Waals surface area contributed by atoms with Crippen LogP contribution < -0.4 is 5.73 Å². The topological polar surface area (TPSA) is 64.1 Å². The number of imidazole rings is 1. The Kier molecular flexibility index (Phi) is 3.29. The second kappa shape index (κ2) is 4.11. The zero-order chi connectivity index (χ0) is 10.8. The third-order valence-corrected chi connectivity index (χ3v) is 2.68. The molecule has 0 amide bonds. The number of nitrogens with two attached hydrogens (primary N) is 1. The predicted octanol–water partition coefficient (Wildman–Crippen LogP) is 0.600. The molecule has 0 bridgehead atoms. The zero-order valence-electron chi connectivity index (χ0n) is 9.12. The maximum atomic E-state index is 9.72. The molecule has 0 radical (unpaired) electrons. The van der Waals surface area contributed by atoms with Crippen molar-refractivity contribution < 1.29 is 5.11 Å². The first-order chi connectivity index (χ1) is 6.46. The number of hydrogen-bond donors (Lipinski definition) is 2. The van der Waals surface area contributed by atoms with E-state index in [2.05, 4.69) is 4.98 Å². The Morgan fingerprint density at radius 1 is 1.57 bits per heavy atom. The lowest BCUT2D eigenvalue weighted by Gasteiger charge is -2.21. The van der Waals surface area contributed by atoms with E-state index in [1.807, 2.05) is 18.4 Å². The van der Waals surface area contributed by atoms with Crippen LogP contribution in [0, 0.1) is 13.8 Å². The van der Waals surface area contributed by atoms with E-state index >= 15 is 0 Å². The fourth-order valence-electron chi connectivity index (χ4n) is 1.23. The van der Waals surface area contributed by atoms with Gasteiger partial charge in [-0.05, 0) is 27.2 Å². The van der Waals surface area contributed by atoms with Crippen LogP contribution in [0.25, 0.3) is 0 Å². The van der Waals surface area contributed by atoms with Crippen LogP contribution in [0.2, 0.25) is 0 Å². The van der Waals surface area contributed by atoms with Crippen molar-refractivity contribution in [3.8, 4) is 0 Å². The third-order valence-electron chi connectivity index (χ3n) is 2.68. The number of aromatic nitrogens is 2. The molecule has 4 heteroatoms. The summed E-state index contributed by atoms with van der Waals surface area (Å²) < 4.78 is 2.04. The first-order valence-corrected chi connectivity index (χ1v) is 4.87. The Morgan fingerprint density at radius 3 is 2.64 bits per heavy atom. The van der Waals surface area contributed by atoms with Crippen LogP contribution >= 0.6 is 0 Å². The van der Waals surface area contributed by atoms with E-state index in [1.54, 1.807) is 13.3 Å². The lowest BCUT2D eigenvalue weighted by Crippen LogP contribution is -2.35. The number of nitrogens with zero attached hydrogens (tertiary/aromatic N) is 2. The number of aliphatic hydroxyl groups is 1. The molecular formula is C10H19N3O. The maximum Gasteiger partial charge on any atom is 0.0951 e. The first-order valence-electron chi connectivity index (χ1n) is 4.87. The SMILES string of the molecule is Cc1ncn(CCC(C)(O)CN)c1C. The molecule has 4 nitrogen and oxygen atoms in total. The van der Waals surface area contributed by atoms with Crippen molar-refractivity contribution >= 4 is 0 Å². The van der Waals surface area contributed by atoms with E-state index in [-0.39, 0.29) is 0 Å². The van der Waals surface area contributed by atoms with Gasteiger partial charge in [-0.15, -0.1) is 0 Å². The molecule has 3 N–H and O–H groups in total. The van der Waals surface area contributed by atoms with Gasteiger partial charge in [0.2, 0.25) is 0 Å². The summed E-state index contributed by atoms with van der Waals surface area (Å²) in [6.45, 7) is 6.81. The number of aryl methyl sites for hydroxylation is 2. The largest absolute Gasteiger partial charge is 0.389 e. The number of hydrogen-bond acceptors (Lipinski definition) is 3. The molecule has 1 unspecified atom stereocenters. The van der Waals surface area contributed by atoms with Crippen molar-refractivity contribution in [3.05, 3.63) is 17.7 Å². The molecule has 1 rings (SSSR count). The van der Waals surface area contributed by atoms with Crippen LogP contribution in [0.5, 0.6) is 0 Å². The summed E-state index contributed by atoms with van der Waals surface area (Å²) in [6, 6.07) is 0. The van der Waals surface area contributed by atoms with Crippen LogP contribution in [0.1, 0.15) is 24.7 Å². The molecule has 1 atom stereocenters. The molecule has 14 heavy (non-hydrogen) atoms. The summed E-state index contributed by atoms with van der Waals surface area (Å²) in [4.78, 5) is 4.19. The molecule has 0 fully saturated rings. The fraction of sp³-hybridized carbons (Fsp3) is 0.700. The monoisotopic (exact) mass is 197 g/mol. The van der Waals surface area contributed by atoms with Crippen LogP contribution in [0.3, 0.4) is 0 Å². The molecule has 0 saturated carbocycles. The van der Waals surface area contributed by atoms with Gasteiger partial charge in [0.05, 0.1) is 17.6 Å². The van der Waals surface area contributed by atoms with Crippen LogP contribution in [-0.4, -0.2) is 26.8 Å². The van der Waals surface area contributed by atoms with Crippen molar-refractivity contribution in [2.45, 2.75) is 39.3 Å². The molecule has 1 aromatic heterocycles. The first kappa shape index (κ1) is 11.2. The smallest absolute Gasteiger partial charge is 0.0951 e. The molecule has 80 valence electrons. The molecule has 1 heterocycles. The van der Waals surface area contributed by atoms with Gasteiger partial charge >= 0.3 is 0 Å². The van der Waals surface area contributed by atoms with E-state index in [1.165, 1.54) is 0 Å². The highest BCUT2D eigenvalue weighted by Crippen LogP contribution is 2.11. The van der Waals surface area contributed by atoms with E-state index in [9.17, 15) is 5.11 Å². The van der Waals surface area contributed by atoms with Gasteiger partial charge in [-0.3, -0.25) is 0 Å². The Morgan fingerprint density at radius 2 is 2.21 bits per heavy atom. The normalized spacial score (nSPS) is 15.5. The lowest BCUT2D eigenvalue weighted by atomic mass is 10.0. The molecule has 0 saturated heterocycles. The van der Waals surface area contributed by atoms with Crippen LogP contribution in [-0.2, 0) is 6.54 Å². The minimum Gasteiger partial charge on any atom is -0.389 e. The summed E-state index contributed by atoms with van der Waals surface area (Å²) in [5.41, 5.74) is 6.86. The van der Waals surface area contributed by atoms with Crippen molar-refractivity contribution in [2.24, 2.45) is 5.73 Å². The quantitative estimate of drug-likeness (QED) is 0.743. The average molecular weight is 197 g/mol. The Hall–Kier alpha value is -0.870. The van der Waals surface area contributed by atoms with Gasteiger partial charge in [0.25, 0.3) is 0 Å². The van der Waals surface area contributed by atoms with E-state index < -0.39 is 5.60 Å².